The highest BCUT2D eigenvalue weighted by Crippen LogP contribution is 2.30. The first kappa shape index (κ1) is 25.8. The molecule has 0 bridgehead atoms. The summed E-state index contributed by atoms with van der Waals surface area (Å²) in [5, 5.41) is 5.24. The van der Waals surface area contributed by atoms with Crippen molar-refractivity contribution in [2.45, 2.75) is 6.92 Å². The zero-order chi connectivity index (χ0) is 26.6. The molecule has 0 spiro atoms. The van der Waals surface area contributed by atoms with Crippen molar-refractivity contribution >= 4 is 40.8 Å². The van der Waals surface area contributed by atoms with E-state index < -0.39 is 5.97 Å². The fourth-order valence-corrected chi connectivity index (χ4v) is 4.84. The molecule has 0 aliphatic carbocycles. The Hall–Kier alpha value is -3.88. The number of ether oxygens (including phenoxy) is 1. The van der Waals surface area contributed by atoms with Gasteiger partial charge < -0.3 is 14.5 Å². The van der Waals surface area contributed by atoms with Gasteiger partial charge in [-0.2, -0.15) is 5.10 Å². The summed E-state index contributed by atoms with van der Waals surface area (Å²) in [7, 11) is 0. The Morgan fingerprint density at radius 3 is 2.37 bits per heavy atom. The van der Waals surface area contributed by atoms with Crippen molar-refractivity contribution in [2.24, 2.45) is 0 Å². The fraction of sp³-hybridized carbons (Fsp3) is 0.214. The summed E-state index contributed by atoms with van der Waals surface area (Å²) in [6, 6.07) is 20.5. The molecule has 194 valence electrons. The van der Waals surface area contributed by atoms with Gasteiger partial charge in [0.15, 0.2) is 5.69 Å². The molecule has 1 amide bonds. The third-order valence-corrected chi connectivity index (χ3v) is 6.98. The summed E-state index contributed by atoms with van der Waals surface area (Å²) in [6.45, 7) is 4.55. The molecule has 2 aromatic heterocycles. The number of carbonyl (C=O) groups excluding carboxylic acids is 2. The molecule has 4 aromatic rings. The molecule has 0 atom stereocenters. The van der Waals surface area contributed by atoms with Gasteiger partial charge in [-0.3, -0.25) is 4.79 Å². The minimum absolute atomic E-state index is 0.108. The van der Waals surface area contributed by atoms with Crippen LogP contribution in [0, 0.1) is 0 Å². The predicted octanol–water partition coefficient (Wildman–Crippen LogP) is 5.38. The Labute approximate surface area is 230 Å². The molecular formula is C28H25Cl2N5O3. The van der Waals surface area contributed by atoms with Gasteiger partial charge in [-0.05, 0) is 49.4 Å². The van der Waals surface area contributed by atoms with E-state index in [9.17, 15) is 9.59 Å². The van der Waals surface area contributed by atoms with Crippen LogP contribution in [0.1, 0.15) is 27.8 Å². The lowest BCUT2D eigenvalue weighted by Crippen LogP contribution is -2.48. The normalized spacial score (nSPS) is 13.4. The minimum Gasteiger partial charge on any atom is -0.461 e. The zero-order valence-electron chi connectivity index (χ0n) is 20.7. The van der Waals surface area contributed by atoms with Gasteiger partial charge in [0.25, 0.3) is 5.91 Å². The SMILES string of the molecule is CCOC(=O)c1cc(-c2ccc(N3CCN(C(=O)c4cccnc4Cl)CC3)cc2)n(-c2ccccc2Cl)n1. The zero-order valence-corrected chi connectivity index (χ0v) is 22.2. The standard InChI is InChI=1S/C28H25Cl2N5O3/c1-2-38-28(37)23-18-25(35(32-23)24-8-4-3-7-22(24)29)19-9-11-20(12-10-19)33-14-16-34(17-15-33)27(36)21-6-5-13-31-26(21)30/h3-13,18H,2,14-17H2,1H3. The molecule has 5 rings (SSSR count). The predicted molar refractivity (Wildman–Crippen MR) is 147 cm³/mol. The van der Waals surface area contributed by atoms with E-state index in [2.05, 4.69) is 15.0 Å². The van der Waals surface area contributed by atoms with E-state index in [0.717, 1.165) is 16.9 Å². The molecule has 2 aromatic carbocycles. The number of nitrogens with zero attached hydrogens (tertiary/aromatic N) is 5. The van der Waals surface area contributed by atoms with E-state index in [1.54, 1.807) is 47.0 Å². The molecule has 1 saturated heterocycles. The Bertz CT molecular complexity index is 1460. The number of anilines is 1. The van der Waals surface area contributed by atoms with Gasteiger partial charge in [0.2, 0.25) is 0 Å². The van der Waals surface area contributed by atoms with Crippen molar-refractivity contribution in [1.82, 2.24) is 19.7 Å². The van der Waals surface area contributed by atoms with Crippen molar-refractivity contribution in [2.75, 3.05) is 37.7 Å². The lowest BCUT2D eigenvalue weighted by atomic mass is 10.1. The highest BCUT2D eigenvalue weighted by Gasteiger charge is 2.24. The maximum absolute atomic E-state index is 12.9. The molecule has 1 aliphatic rings. The highest BCUT2D eigenvalue weighted by molar-refractivity contribution is 6.32. The quantitative estimate of drug-likeness (QED) is 0.237. The summed E-state index contributed by atoms with van der Waals surface area (Å²) in [4.78, 5) is 33.3. The summed E-state index contributed by atoms with van der Waals surface area (Å²) in [5.41, 5.74) is 3.92. The van der Waals surface area contributed by atoms with Crippen LogP contribution in [0.15, 0.2) is 72.9 Å². The van der Waals surface area contributed by atoms with Gasteiger partial charge in [0.05, 0.1) is 28.6 Å². The molecule has 10 heteroatoms. The number of carbonyl (C=O) groups is 2. The maximum atomic E-state index is 12.9. The van der Waals surface area contributed by atoms with E-state index in [4.69, 9.17) is 27.9 Å². The number of aromatic nitrogens is 3. The second-order valence-electron chi connectivity index (χ2n) is 8.67. The van der Waals surface area contributed by atoms with Crippen LogP contribution in [0.3, 0.4) is 0 Å². The van der Waals surface area contributed by atoms with Crippen molar-refractivity contribution in [3.8, 4) is 16.9 Å². The van der Waals surface area contributed by atoms with Crippen LogP contribution < -0.4 is 4.90 Å². The molecule has 0 N–H and O–H groups in total. The molecule has 38 heavy (non-hydrogen) atoms. The summed E-state index contributed by atoms with van der Waals surface area (Å²) in [6.07, 6.45) is 1.57. The first-order valence-corrected chi connectivity index (χ1v) is 13.0. The molecule has 8 nitrogen and oxygen atoms in total. The van der Waals surface area contributed by atoms with E-state index >= 15 is 0 Å². The van der Waals surface area contributed by atoms with Crippen molar-refractivity contribution in [3.05, 3.63) is 94.4 Å². The summed E-state index contributed by atoms with van der Waals surface area (Å²) in [5.74, 6) is -0.598. The third-order valence-electron chi connectivity index (χ3n) is 6.36. The van der Waals surface area contributed by atoms with Crippen LogP contribution in [0.2, 0.25) is 10.2 Å². The monoisotopic (exact) mass is 549 g/mol. The number of halogens is 2. The summed E-state index contributed by atoms with van der Waals surface area (Å²) >= 11 is 12.6. The number of para-hydroxylation sites is 1. The van der Waals surface area contributed by atoms with Crippen LogP contribution >= 0.6 is 23.2 Å². The number of pyridine rings is 1. The number of hydrogen-bond acceptors (Lipinski definition) is 6. The van der Waals surface area contributed by atoms with Crippen LogP contribution in [0.25, 0.3) is 16.9 Å². The smallest absolute Gasteiger partial charge is 0.358 e. The lowest BCUT2D eigenvalue weighted by molar-refractivity contribution is 0.0518. The average Bonchev–Trinajstić information content (AvgIpc) is 3.39. The largest absolute Gasteiger partial charge is 0.461 e. The van der Waals surface area contributed by atoms with Crippen molar-refractivity contribution in [1.29, 1.82) is 0 Å². The maximum Gasteiger partial charge on any atom is 0.358 e. The second-order valence-corrected chi connectivity index (χ2v) is 9.43. The topological polar surface area (TPSA) is 80.6 Å². The molecule has 0 unspecified atom stereocenters. The van der Waals surface area contributed by atoms with Gasteiger partial charge in [-0.25, -0.2) is 14.5 Å². The second kappa shape index (κ2) is 11.2. The fourth-order valence-electron chi connectivity index (χ4n) is 4.43. The number of amides is 1. The van der Waals surface area contributed by atoms with Gasteiger partial charge in [0, 0.05) is 43.6 Å². The van der Waals surface area contributed by atoms with E-state index in [1.807, 2.05) is 42.5 Å². The number of rotatable bonds is 6. The Morgan fingerprint density at radius 2 is 1.68 bits per heavy atom. The molecule has 0 saturated carbocycles. The Balaban J connectivity index is 1.35. The van der Waals surface area contributed by atoms with E-state index in [0.29, 0.717) is 42.5 Å². The highest BCUT2D eigenvalue weighted by atomic mass is 35.5. The first-order chi connectivity index (χ1) is 18.5. The van der Waals surface area contributed by atoms with Gasteiger partial charge in [0.1, 0.15) is 5.15 Å². The molecular weight excluding hydrogens is 525 g/mol. The number of hydrogen-bond donors (Lipinski definition) is 0. The van der Waals surface area contributed by atoms with Gasteiger partial charge >= 0.3 is 5.97 Å². The van der Waals surface area contributed by atoms with Gasteiger partial charge in [-0.15, -0.1) is 0 Å². The number of benzene rings is 2. The number of esters is 1. The molecule has 1 fully saturated rings. The van der Waals surface area contributed by atoms with Crippen molar-refractivity contribution in [3.63, 3.8) is 0 Å². The molecule has 0 radical (unpaired) electrons. The first-order valence-electron chi connectivity index (χ1n) is 12.2. The summed E-state index contributed by atoms with van der Waals surface area (Å²) < 4.78 is 6.83. The minimum atomic E-state index is -0.490. The van der Waals surface area contributed by atoms with Crippen molar-refractivity contribution < 1.29 is 14.3 Å². The van der Waals surface area contributed by atoms with Crippen LogP contribution in [-0.2, 0) is 4.74 Å². The lowest BCUT2D eigenvalue weighted by Gasteiger charge is -2.36. The number of piperazine rings is 1. The molecule has 3 heterocycles. The Kier molecular flexibility index (Phi) is 7.62. The van der Waals surface area contributed by atoms with Gasteiger partial charge in [-0.1, -0.05) is 47.5 Å². The average molecular weight is 550 g/mol. The van der Waals surface area contributed by atoms with E-state index in [-0.39, 0.29) is 23.4 Å². The molecule has 1 aliphatic heterocycles. The van der Waals surface area contributed by atoms with E-state index in [1.165, 1.54) is 0 Å². The van der Waals surface area contributed by atoms with Crippen LogP contribution in [0.4, 0.5) is 5.69 Å². The van der Waals surface area contributed by atoms with Crippen LogP contribution in [0.5, 0.6) is 0 Å². The Morgan fingerprint density at radius 1 is 0.947 bits per heavy atom. The van der Waals surface area contributed by atoms with Crippen LogP contribution in [-0.4, -0.2) is 64.3 Å². The third kappa shape index (κ3) is 5.23.